The lowest BCUT2D eigenvalue weighted by Gasteiger charge is -2.11. The highest BCUT2D eigenvalue weighted by Crippen LogP contribution is 2.20. The quantitative estimate of drug-likeness (QED) is 0.396. The zero-order valence-corrected chi connectivity index (χ0v) is 17.6. The number of H-pyrrole nitrogens is 1. The van der Waals surface area contributed by atoms with Crippen molar-refractivity contribution in [3.05, 3.63) is 88.4 Å². The predicted molar refractivity (Wildman–Crippen MR) is 117 cm³/mol. The molecule has 0 amide bonds. The third-order valence-corrected chi connectivity index (χ3v) is 4.84. The first-order valence-electron chi connectivity index (χ1n) is 9.42. The van der Waals surface area contributed by atoms with Crippen molar-refractivity contribution in [1.82, 2.24) is 24.5 Å². The second-order valence-corrected chi connectivity index (χ2v) is 7.53. The van der Waals surface area contributed by atoms with Crippen molar-refractivity contribution >= 4 is 29.0 Å². The van der Waals surface area contributed by atoms with Gasteiger partial charge in [0.1, 0.15) is 18.2 Å². The highest BCUT2D eigenvalue weighted by atomic mass is 35.5. The van der Waals surface area contributed by atoms with Crippen LogP contribution in [0.5, 0.6) is 5.88 Å². The first-order chi connectivity index (χ1) is 14.7. The van der Waals surface area contributed by atoms with Crippen LogP contribution in [0.15, 0.2) is 61.3 Å². The standard InChI is InChI=1S/C21H20Cl2N6O/c22-16-8-15(9-17(23)10-16)12-29-7-6-26-20(29)13-30-21-3-1-2-19(28-21)25-5-4-18-11-24-14-27-18/h1-3,6-11,14H,4-5,12-13H2,(H,24,27)(H,25,28). The van der Waals surface area contributed by atoms with Crippen molar-refractivity contribution in [3.63, 3.8) is 0 Å². The Balaban J connectivity index is 1.34. The minimum absolute atomic E-state index is 0.298. The van der Waals surface area contributed by atoms with Crippen molar-refractivity contribution in [3.8, 4) is 5.88 Å². The summed E-state index contributed by atoms with van der Waals surface area (Å²) in [6, 6.07) is 11.1. The van der Waals surface area contributed by atoms with Gasteiger partial charge in [-0.25, -0.2) is 9.97 Å². The summed E-state index contributed by atoms with van der Waals surface area (Å²) in [4.78, 5) is 16.0. The molecule has 0 atom stereocenters. The molecule has 30 heavy (non-hydrogen) atoms. The third kappa shape index (κ3) is 5.52. The summed E-state index contributed by atoms with van der Waals surface area (Å²) in [7, 11) is 0. The lowest BCUT2D eigenvalue weighted by molar-refractivity contribution is 0.279. The van der Waals surface area contributed by atoms with Crippen LogP contribution in [-0.2, 0) is 19.6 Å². The summed E-state index contributed by atoms with van der Waals surface area (Å²) in [5.41, 5.74) is 2.07. The van der Waals surface area contributed by atoms with E-state index < -0.39 is 0 Å². The van der Waals surface area contributed by atoms with Gasteiger partial charge in [0.05, 0.1) is 6.33 Å². The molecule has 9 heteroatoms. The number of aromatic amines is 1. The van der Waals surface area contributed by atoms with E-state index in [1.807, 2.05) is 47.3 Å². The van der Waals surface area contributed by atoms with Crippen LogP contribution in [-0.4, -0.2) is 31.0 Å². The fraction of sp³-hybridized carbons (Fsp3) is 0.190. The minimum Gasteiger partial charge on any atom is -0.469 e. The molecular weight excluding hydrogens is 423 g/mol. The van der Waals surface area contributed by atoms with Gasteiger partial charge in [0.2, 0.25) is 5.88 Å². The molecule has 3 heterocycles. The van der Waals surface area contributed by atoms with Gasteiger partial charge in [-0.1, -0.05) is 29.3 Å². The van der Waals surface area contributed by atoms with Gasteiger partial charge >= 0.3 is 0 Å². The molecule has 0 saturated carbocycles. The Kier molecular flexibility index (Phi) is 6.51. The molecule has 4 rings (SSSR count). The van der Waals surface area contributed by atoms with E-state index in [0.29, 0.717) is 29.1 Å². The molecule has 0 radical (unpaired) electrons. The van der Waals surface area contributed by atoms with E-state index in [2.05, 4.69) is 25.3 Å². The van der Waals surface area contributed by atoms with Gasteiger partial charge < -0.3 is 19.6 Å². The predicted octanol–water partition coefficient (Wildman–Crippen LogP) is 4.59. The van der Waals surface area contributed by atoms with Gasteiger partial charge in [0.25, 0.3) is 0 Å². The number of rotatable bonds is 9. The van der Waals surface area contributed by atoms with Crippen LogP contribution >= 0.6 is 23.2 Å². The average molecular weight is 443 g/mol. The molecule has 0 unspecified atom stereocenters. The highest BCUT2D eigenvalue weighted by molar-refractivity contribution is 6.34. The third-order valence-electron chi connectivity index (χ3n) is 4.40. The first-order valence-corrected chi connectivity index (χ1v) is 10.2. The van der Waals surface area contributed by atoms with Crippen LogP contribution in [0, 0.1) is 0 Å². The minimum atomic E-state index is 0.298. The van der Waals surface area contributed by atoms with Crippen molar-refractivity contribution < 1.29 is 4.74 Å². The summed E-state index contributed by atoms with van der Waals surface area (Å²) in [6.07, 6.45) is 7.96. The number of ether oxygens (including phenoxy) is 1. The average Bonchev–Trinajstić information content (AvgIpc) is 3.38. The Hall–Kier alpha value is -3.03. The Labute approximate surface area is 184 Å². The molecule has 0 aliphatic rings. The molecule has 3 aromatic heterocycles. The van der Waals surface area contributed by atoms with Crippen molar-refractivity contribution in [2.75, 3.05) is 11.9 Å². The maximum absolute atomic E-state index is 6.10. The van der Waals surface area contributed by atoms with Crippen LogP contribution in [0.1, 0.15) is 17.1 Å². The Bertz CT molecular complexity index is 1080. The number of nitrogens with one attached hydrogen (secondary N) is 2. The van der Waals surface area contributed by atoms with E-state index in [9.17, 15) is 0 Å². The molecule has 0 saturated heterocycles. The maximum atomic E-state index is 6.10. The zero-order valence-electron chi connectivity index (χ0n) is 16.1. The molecular formula is C21H20Cl2N6O. The van der Waals surface area contributed by atoms with E-state index in [0.717, 1.165) is 35.9 Å². The summed E-state index contributed by atoms with van der Waals surface area (Å²) >= 11 is 12.2. The molecule has 0 spiro atoms. The number of pyridine rings is 1. The van der Waals surface area contributed by atoms with Crippen molar-refractivity contribution in [1.29, 1.82) is 0 Å². The maximum Gasteiger partial charge on any atom is 0.215 e. The Morgan fingerprint density at radius 3 is 2.80 bits per heavy atom. The van der Waals surface area contributed by atoms with Gasteiger partial charge in [-0.05, 0) is 29.8 Å². The van der Waals surface area contributed by atoms with Crippen molar-refractivity contribution in [2.45, 2.75) is 19.6 Å². The SMILES string of the molecule is Clc1cc(Cl)cc(Cn2ccnc2COc2cccc(NCCc3cnc[nH]3)n2)c1. The zero-order chi connectivity index (χ0) is 20.8. The van der Waals surface area contributed by atoms with Gasteiger partial charge in [-0.3, -0.25) is 0 Å². The fourth-order valence-electron chi connectivity index (χ4n) is 3.00. The lowest BCUT2D eigenvalue weighted by Crippen LogP contribution is -2.09. The van der Waals surface area contributed by atoms with E-state index in [-0.39, 0.29) is 0 Å². The molecule has 7 nitrogen and oxygen atoms in total. The molecule has 2 N–H and O–H groups in total. The molecule has 0 fully saturated rings. The second kappa shape index (κ2) is 9.65. The normalized spacial score (nSPS) is 10.9. The Morgan fingerprint density at radius 1 is 1.13 bits per heavy atom. The number of aromatic nitrogens is 5. The Morgan fingerprint density at radius 2 is 2.00 bits per heavy atom. The van der Waals surface area contributed by atoms with Gasteiger partial charge in [0.15, 0.2) is 0 Å². The number of benzene rings is 1. The van der Waals surface area contributed by atoms with Gasteiger partial charge in [-0.2, -0.15) is 4.98 Å². The largest absolute Gasteiger partial charge is 0.469 e. The molecule has 0 aliphatic heterocycles. The first kappa shape index (κ1) is 20.3. The van der Waals surface area contributed by atoms with Crippen LogP contribution in [0.3, 0.4) is 0 Å². The molecule has 4 aromatic rings. The van der Waals surface area contributed by atoms with Crippen LogP contribution in [0.25, 0.3) is 0 Å². The van der Waals surface area contributed by atoms with E-state index in [1.165, 1.54) is 0 Å². The van der Waals surface area contributed by atoms with Gasteiger partial charge in [-0.15, -0.1) is 0 Å². The summed E-state index contributed by atoms with van der Waals surface area (Å²) in [6.45, 7) is 1.64. The van der Waals surface area contributed by atoms with Crippen LogP contribution in [0.4, 0.5) is 5.82 Å². The lowest BCUT2D eigenvalue weighted by atomic mass is 10.2. The number of hydrogen-bond donors (Lipinski definition) is 2. The number of anilines is 1. The molecule has 0 bridgehead atoms. The fourth-order valence-corrected chi connectivity index (χ4v) is 3.57. The summed E-state index contributed by atoms with van der Waals surface area (Å²) in [5, 5.41) is 4.50. The second-order valence-electron chi connectivity index (χ2n) is 6.65. The van der Waals surface area contributed by atoms with E-state index in [4.69, 9.17) is 27.9 Å². The number of nitrogens with zero attached hydrogens (tertiary/aromatic N) is 4. The molecule has 0 aliphatic carbocycles. The van der Waals surface area contributed by atoms with Crippen molar-refractivity contribution in [2.24, 2.45) is 0 Å². The monoisotopic (exact) mass is 442 g/mol. The summed E-state index contributed by atoms with van der Waals surface area (Å²) < 4.78 is 7.86. The number of hydrogen-bond acceptors (Lipinski definition) is 5. The van der Waals surface area contributed by atoms with E-state index in [1.54, 1.807) is 18.6 Å². The van der Waals surface area contributed by atoms with Gasteiger partial charge in [0, 0.05) is 59.9 Å². The molecule has 154 valence electrons. The topological polar surface area (TPSA) is 80.6 Å². The van der Waals surface area contributed by atoms with Crippen LogP contribution < -0.4 is 10.1 Å². The van der Waals surface area contributed by atoms with E-state index >= 15 is 0 Å². The number of halogens is 2. The smallest absolute Gasteiger partial charge is 0.215 e. The number of imidazole rings is 2. The van der Waals surface area contributed by atoms with Crippen LogP contribution in [0.2, 0.25) is 10.0 Å². The highest BCUT2D eigenvalue weighted by Gasteiger charge is 2.07. The summed E-state index contributed by atoms with van der Waals surface area (Å²) in [5.74, 6) is 2.07. The molecule has 1 aromatic carbocycles.